The Hall–Kier alpha value is -1.03. The Balaban J connectivity index is 2.42. The van der Waals surface area contributed by atoms with Crippen molar-refractivity contribution in [3.8, 4) is 0 Å². The van der Waals surface area contributed by atoms with Gasteiger partial charge in [-0.25, -0.2) is 4.79 Å². The Morgan fingerprint density at radius 3 is 2.25 bits per heavy atom. The first-order chi connectivity index (χ1) is 9.11. The summed E-state index contributed by atoms with van der Waals surface area (Å²) in [6.45, 7) is 14.0. The van der Waals surface area contributed by atoms with Gasteiger partial charge in [-0.2, -0.15) is 0 Å². The number of ether oxygens (including phenoxy) is 2. The normalized spacial score (nSPS) is 18.6. The molecule has 0 aromatic heterocycles. The van der Waals surface area contributed by atoms with Crippen LogP contribution in [0.1, 0.15) is 54.4 Å². The molecule has 0 N–H and O–H groups in total. The molecule has 0 aromatic carbocycles. The molecule has 20 heavy (non-hydrogen) atoms. The lowest BCUT2D eigenvalue weighted by molar-refractivity contribution is -0.0620. The van der Waals surface area contributed by atoms with Gasteiger partial charge in [0.05, 0.1) is 12.2 Å². The van der Waals surface area contributed by atoms with Crippen molar-refractivity contribution in [2.75, 3.05) is 19.7 Å². The van der Waals surface area contributed by atoms with Crippen molar-refractivity contribution in [3.05, 3.63) is 11.6 Å². The van der Waals surface area contributed by atoms with Gasteiger partial charge in [0.15, 0.2) is 0 Å². The van der Waals surface area contributed by atoms with E-state index in [1.807, 2.05) is 20.8 Å². The predicted octanol–water partition coefficient (Wildman–Crippen LogP) is 3.76. The average molecular weight is 283 g/mol. The zero-order valence-corrected chi connectivity index (χ0v) is 13.8. The van der Waals surface area contributed by atoms with E-state index in [-0.39, 0.29) is 11.7 Å². The van der Waals surface area contributed by atoms with Crippen molar-refractivity contribution in [3.63, 3.8) is 0 Å². The van der Waals surface area contributed by atoms with Gasteiger partial charge in [-0.05, 0) is 54.4 Å². The molecule has 0 atom stereocenters. The summed E-state index contributed by atoms with van der Waals surface area (Å²) in [5.74, 6) is 0. The third-order valence-electron chi connectivity index (χ3n) is 3.40. The zero-order chi connectivity index (χ0) is 15.4. The first-order valence-corrected chi connectivity index (χ1v) is 7.37. The van der Waals surface area contributed by atoms with Crippen LogP contribution >= 0.6 is 0 Å². The van der Waals surface area contributed by atoms with Crippen LogP contribution in [0.15, 0.2) is 11.6 Å². The molecule has 0 saturated carbocycles. The highest BCUT2D eigenvalue weighted by atomic mass is 16.6. The summed E-state index contributed by atoms with van der Waals surface area (Å²) in [6.07, 6.45) is 3.57. The smallest absolute Gasteiger partial charge is 0.410 e. The second kappa shape index (κ2) is 6.61. The number of hydrogen-bond acceptors (Lipinski definition) is 3. The van der Waals surface area contributed by atoms with E-state index >= 15 is 0 Å². The van der Waals surface area contributed by atoms with E-state index in [2.05, 4.69) is 26.8 Å². The average Bonchev–Trinajstić information content (AvgIpc) is 2.26. The minimum atomic E-state index is -0.433. The molecule has 0 aliphatic carbocycles. The van der Waals surface area contributed by atoms with E-state index in [0.717, 1.165) is 12.8 Å². The molecule has 0 unspecified atom stereocenters. The molecule has 0 spiro atoms. The lowest BCUT2D eigenvalue weighted by atomic mass is 9.93. The molecule has 1 heterocycles. The maximum atomic E-state index is 12.0. The van der Waals surface area contributed by atoms with E-state index in [1.54, 1.807) is 4.90 Å². The lowest BCUT2D eigenvalue weighted by Gasteiger charge is -2.39. The number of rotatable bonds is 3. The molecule has 1 aliphatic heterocycles. The summed E-state index contributed by atoms with van der Waals surface area (Å²) in [6, 6.07) is 0. The molecule has 0 bridgehead atoms. The Bertz CT molecular complexity index is 356. The van der Waals surface area contributed by atoms with Crippen LogP contribution in [0.5, 0.6) is 0 Å². The van der Waals surface area contributed by atoms with E-state index < -0.39 is 5.60 Å². The fourth-order valence-electron chi connectivity index (χ4n) is 2.04. The molecule has 1 saturated heterocycles. The monoisotopic (exact) mass is 283 g/mol. The Morgan fingerprint density at radius 1 is 1.25 bits per heavy atom. The minimum Gasteiger partial charge on any atom is -0.444 e. The standard InChI is InChI=1S/C16H29NO3/c1-13(2)7-12-19-16(6)8-10-17(11-9-16)14(18)20-15(3,4)5/h7H,8-12H2,1-6H3. The van der Waals surface area contributed by atoms with Gasteiger partial charge in [0.1, 0.15) is 5.60 Å². The molecule has 1 rings (SSSR count). The fourth-order valence-corrected chi connectivity index (χ4v) is 2.04. The maximum absolute atomic E-state index is 12.0. The molecule has 1 aliphatic rings. The Labute approximate surface area is 123 Å². The second-order valence-corrected chi connectivity index (χ2v) is 7.01. The summed E-state index contributed by atoms with van der Waals surface area (Å²) in [4.78, 5) is 13.8. The number of likely N-dealkylation sites (tertiary alicyclic amines) is 1. The molecule has 0 radical (unpaired) electrons. The zero-order valence-electron chi connectivity index (χ0n) is 13.8. The molecule has 1 fully saturated rings. The fraction of sp³-hybridized carbons (Fsp3) is 0.812. The van der Waals surface area contributed by atoms with Crippen molar-refractivity contribution < 1.29 is 14.3 Å². The maximum Gasteiger partial charge on any atom is 0.410 e. The van der Waals surface area contributed by atoms with Crippen LogP contribution in [0.25, 0.3) is 0 Å². The van der Waals surface area contributed by atoms with Crippen molar-refractivity contribution in [1.82, 2.24) is 4.90 Å². The van der Waals surface area contributed by atoms with Gasteiger partial charge in [0, 0.05) is 13.1 Å². The predicted molar refractivity (Wildman–Crippen MR) is 80.8 cm³/mol. The number of piperidine rings is 1. The molecule has 4 heteroatoms. The molecular weight excluding hydrogens is 254 g/mol. The third-order valence-corrected chi connectivity index (χ3v) is 3.40. The van der Waals surface area contributed by atoms with Crippen LogP contribution < -0.4 is 0 Å². The van der Waals surface area contributed by atoms with Crippen LogP contribution in [0.4, 0.5) is 4.79 Å². The largest absolute Gasteiger partial charge is 0.444 e. The van der Waals surface area contributed by atoms with Gasteiger partial charge in [-0.3, -0.25) is 0 Å². The van der Waals surface area contributed by atoms with E-state index in [9.17, 15) is 4.79 Å². The summed E-state index contributed by atoms with van der Waals surface area (Å²) >= 11 is 0. The number of hydrogen-bond donors (Lipinski definition) is 0. The van der Waals surface area contributed by atoms with Crippen LogP contribution in [0.2, 0.25) is 0 Å². The van der Waals surface area contributed by atoms with Crippen LogP contribution in [-0.4, -0.2) is 41.9 Å². The number of nitrogens with zero attached hydrogens (tertiary/aromatic N) is 1. The van der Waals surface area contributed by atoms with Gasteiger partial charge < -0.3 is 14.4 Å². The van der Waals surface area contributed by atoms with Crippen LogP contribution in [0.3, 0.4) is 0 Å². The first-order valence-electron chi connectivity index (χ1n) is 7.37. The lowest BCUT2D eigenvalue weighted by Crippen LogP contribution is -2.48. The molecule has 0 aromatic rings. The summed E-state index contributed by atoms with van der Waals surface area (Å²) in [7, 11) is 0. The van der Waals surface area contributed by atoms with Gasteiger partial charge in [0.25, 0.3) is 0 Å². The van der Waals surface area contributed by atoms with Gasteiger partial charge in [0.2, 0.25) is 0 Å². The summed E-state index contributed by atoms with van der Waals surface area (Å²) in [5, 5.41) is 0. The van der Waals surface area contributed by atoms with Crippen molar-refractivity contribution in [2.24, 2.45) is 0 Å². The number of carbonyl (C=O) groups excluding carboxylic acids is 1. The highest BCUT2D eigenvalue weighted by Gasteiger charge is 2.34. The van der Waals surface area contributed by atoms with Crippen molar-refractivity contribution in [2.45, 2.75) is 65.6 Å². The minimum absolute atomic E-state index is 0.134. The van der Waals surface area contributed by atoms with E-state index in [1.165, 1.54) is 5.57 Å². The van der Waals surface area contributed by atoms with Gasteiger partial charge in [-0.1, -0.05) is 11.6 Å². The second-order valence-electron chi connectivity index (χ2n) is 7.01. The van der Waals surface area contributed by atoms with Gasteiger partial charge in [-0.15, -0.1) is 0 Å². The van der Waals surface area contributed by atoms with Gasteiger partial charge >= 0.3 is 6.09 Å². The van der Waals surface area contributed by atoms with Crippen molar-refractivity contribution >= 4 is 6.09 Å². The third kappa shape index (κ3) is 5.95. The van der Waals surface area contributed by atoms with Crippen molar-refractivity contribution in [1.29, 1.82) is 0 Å². The first kappa shape index (κ1) is 17.0. The summed E-state index contributed by atoms with van der Waals surface area (Å²) < 4.78 is 11.3. The highest BCUT2D eigenvalue weighted by molar-refractivity contribution is 5.68. The molecule has 4 nitrogen and oxygen atoms in total. The molecule has 116 valence electrons. The number of allylic oxidation sites excluding steroid dienone is 1. The van der Waals surface area contributed by atoms with Crippen LogP contribution in [0, 0.1) is 0 Å². The number of carbonyl (C=O) groups is 1. The molecule has 1 amide bonds. The summed E-state index contributed by atoms with van der Waals surface area (Å²) in [5.41, 5.74) is 0.696. The number of amides is 1. The Kier molecular flexibility index (Phi) is 5.63. The SMILES string of the molecule is CC(C)=CCOC1(C)CCN(C(=O)OC(C)(C)C)CC1. The Morgan fingerprint density at radius 2 is 1.80 bits per heavy atom. The topological polar surface area (TPSA) is 38.8 Å². The van der Waals surface area contributed by atoms with E-state index in [0.29, 0.717) is 19.7 Å². The molecular formula is C16H29NO3. The van der Waals surface area contributed by atoms with E-state index in [4.69, 9.17) is 9.47 Å². The quantitative estimate of drug-likeness (QED) is 0.740. The van der Waals surface area contributed by atoms with Crippen LogP contribution in [-0.2, 0) is 9.47 Å². The highest BCUT2D eigenvalue weighted by Crippen LogP contribution is 2.26.